The fourth-order valence-corrected chi connectivity index (χ4v) is 3.61. The highest BCUT2D eigenvalue weighted by Gasteiger charge is 2.35. The van der Waals surface area contributed by atoms with Gasteiger partial charge in [-0.3, -0.25) is 0 Å². The lowest BCUT2D eigenvalue weighted by atomic mass is 9.98. The molecule has 0 radical (unpaired) electrons. The van der Waals surface area contributed by atoms with Crippen LogP contribution in [-0.4, -0.2) is 37.0 Å². The van der Waals surface area contributed by atoms with E-state index >= 15 is 0 Å². The minimum atomic E-state index is -4.30. The Morgan fingerprint density at radius 2 is 1.90 bits per heavy atom. The summed E-state index contributed by atoms with van der Waals surface area (Å²) >= 11 is 0. The van der Waals surface area contributed by atoms with Crippen LogP contribution in [0.1, 0.15) is 13.3 Å². The molecule has 1 aliphatic heterocycles. The zero-order valence-electron chi connectivity index (χ0n) is 10.7. The molecule has 0 bridgehead atoms. The normalized spacial score (nSPS) is 24.9. The van der Waals surface area contributed by atoms with Crippen molar-refractivity contribution in [3.63, 3.8) is 0 Å². The third kappa shape index (κ3) is 2.55. The van der Waals surface area contributed by atoms with E-state index in [1.165, 1.54) is 0 Å². The summed E-state index contributed by atoms with van der Waals surface area (Å²) < 4.78 is 64.9. The molecule has 1 aromatic rings. The van der Waals surface area contributed by atoms with E-state index in [0.29, 0.717) is 18.6 Å². The van der Waals surface area contributed by atoms with Gasteiger partial charge in [0.05, 0.1) is 6.10 Å². The molecule has 2 rings (SSSR count). The van der Waals surface area contributed by atoms with E-state index in [1.54, 1.807) is 6.92 Å². The van der Waals surface area contributed by atoms with Crippen molar-refractivity contribution in [2.24, 2.45) is 5.92 Å². The summed E-state index contributed by atoms with van der Waals surface area (Å²) in [7, 11) is -4.30. The second kappa shape index (κ2) is 5.34. The Bertz CT molecular complexity index is 621. The quantitative estimate of drug-likeness (QED) is 0.842. The molecule has 2 atom stereocenters. The molecule has 0 saturated carbocycles. The number of rotatable bonds is 2. The fraction of sp³-hybridized carbons (Fsp3) is 0.500. The number of hydrogen-bond donors (Lipinski definition) is 1. The molecule has 1 fully saturated rings. The van der Waals surface area contributed by atoms with Gasteiger partial charge in [-0.1, -0.05) is 6.92 Å². The SMILES string of the molecule is CC1CCN(S(=O)(=O)c2ccc(F)c(F)c2F)CC1O. The van der Waals surface area contributed by atoms with Gasteiger partial charge in [0.2, 0.25) is 10.0 Å². The Balaban J connectivity index is 2.39. The van der Waals surface area contributed by atoms with Crippen LogP contribution >= 0.6 is 0 Å². The molecule has 0 aromatic heterocycles. The highest BCUT2D eigenvalue weighted by molar-refractivity contribution is 7.89. The van der Waals surface area contributed by atoms with Gasteiger partial charge in [-0.2, -0.15) is 4.31 Å². The monoisotopic (exact) mass is 309 g/mol. The molecular formula is C12H14F3NO3S. The number of nitrogens with zero attached hydrogens (tertiary/aromatic N) is 1. The lowest BCUT2D eigenvalue weighted by Gasteiger charge is -2.33. The number of sulfonamides is 1. The van der Waals surface area contributed by atoms with Crippen LogP contribution in [0.3, 0.4) is 0 Å². The number of aliphatic hydroxyl groups is 1. The van der Waals surface area contributed by atoms with Gasteiger partial charge >= 0.3 is 0 Å². The molecule has 1 aromatic carbocycles. The minimum absolute atomic E-state index is 0.0729. The van der Waals surface area contributed by atoms with Crippen molar-refractivity contribution in [1.29, 1.82) is 0 Å². The summed E-state index contributed by atoms with van der Waals surface area (Å²) in [6.45, 7) is 1.67. The van der Waals surface area contributed by atoms with E-state index in [1.807, 2.05) is 0 Å². The zero-order chi connectivity index (χ0) is 15.1. The number of piperidine rings is 1. The third-order valence-electron chi connectivity index (χ3n) is 3.50. The molecule has 0 amide bonds. The van der Waals surface area contributed by atoms with E-state index in [9.17, 15) is 26.7 Å². The Labute approximate surface area is 114 Å². The Kier molecular flexibility index (Phi) is 4.08. The first-order chi connectivity index (χ1) is 9.25. The predicted octanol–water partition coefficient (Wildman–Crippen LogP) is 1.50. The lowest BCUT2D eigenvalue weighted by Crippen LogP contribution is -2.45. The van der Waals surface area contributed by atoms with Crippen LogP contribution in [0.4, 0.5) is 13.2 Å². The maximum Gasteiger partial charge on any atom is 0.246 e. The second-order valence-corrected chi connectivity index (χ2v) is 6.78. The molecule has 8 heteroatoms. The van der Waals surface area contributed by atoms with Crippen molar-refractivity contribution in [2.75, 3.05) is 13.1 Å². The summed E-state index contributed by atoms with van der Waals surface area (Å²) in [4.78, 5) is -0.918. The lowest BCUT2D eigenvalue weighted by molar-refractivity contribution is 0.0604. The maximum absolute atomic E-state index is 13.6. The standard InChI is InChI=1S/C12H14F3NO3S/c1-7-4-5-16(6-9(7)17)20(18,19)10-3-2-8(13)11(14)12(10)15/h2-3,7,9,17H,4-6H2,1H3. The van der Waals surface area contributed by atoms with Crippen LogP contribution in [0.15, 0.2) is 17.0 Å². The van der Waals surface area contributed by atoms with Crippen molar-refractivity contribution in [1.82, 2.24) is 4.31 Å². The first-order valence-electron chi connectivity index (χ1n) is 6.07. The maximum atomic E-state index is 13.6. The zero-order valence-corrected chi connectivity index (χ0v) is 11.5. The smallest absolute Gasteiger partial charge is 0.246 e. The molecule has 2 unspecified atom stereocenters. The average Bonchev–Trinajstić information content (AvgIpc) is 2.38. The summed E-state index contributed by atoms with van der Waals surface area (Å²) in [6, 6.07) is 1.25. The van der Waals surface area contributed by atoms with Crippen LogP contribution in [0.25, 0.3) is 0 Å². The Hall–Kier alpha value is -1.12. The largest absolute Gasteiger partial charge is 0.391 e. The van der Waals surface area contributed by atoms with Gasteiger partial charge in [0.1, 0.15) is 4.90 Å². The average molecular weight is 309 g/mol. The van der Waals surface area contributed by atoms with Crippen molar-refractivity contribution < 1.29 is 26.7 Å². The summed E-state index contributed by atoms with van der Waals surface area (Å²) in [5, 5.41) is 9.69. The van der Waals surface area contributed by atoms with Crippen molar-refractivity contribution in [2.45, 2.75) is 24.3 Å². The van der Waals surface area contributed by atoms with Gasteiger partial charge in [-0.25, -0.2) is 21.6 Å². The van der Waals surface area contributed by atoms with Gasteiger partial charge < -0.3 is 5.11 Å². The van der Waals surface area contributed by atoms with Crippen LogP contribution in [0.2, 0.25) is 0 Å². The van der Waals surface area contributed by atoms with Gasteiger partial charge in [0.25, 0.3) is 0 Å². The molecule has 112 valence electrons. The van der Waals surface area contributed by atoms with E-state index in [4.69, 9.17) is 0 Å². The van der Waals surface area contributed by atoms with Crippen LogP contribution < -0.4 is 0 Å². The highest BCUT2D eigenvalue weighted by Crippen LogP contribution is 2.27. The number of hydrogen-bond acceptors (Lipinski definition) is 3. The first kappa shape index (κ1) is 15.3. The Morgan fingerprint density at radius 1 is 1.25 bits per heavy atom. The second-order valence-electron chi connectivity index (χ2n) is 4.87. The first-order valence-corrected chi connectivity index (χ1v) is 7.51. The molecule has 0 aliphatic carbocycles. The molecule has 20 heavy (non-hydrogen) atoms. The summed E-state index contributed by atoms with van der Waals surface area (Å²) in [5.41, 5.74) is 0. The van der Waals surface area contributed by atoms with Crippen LogP contribution in [0.5, 0.6) is 0 Å². The van der Waals surface area contributed by atoms with E-state index in [-0.39, 0.29) is 19.0 Å². The minimum Gasteiger partial charge on any atom is -0.391 e. The fourth-order valence-electron chi connectivity index (χ4n) is 2.08. The molecule has 1 N–H and O–H groups in total. The number of β-amino-alcohol motifs (C(OH)–C–C–N with tert-alkyl or cyclic N) is 1. The van der Waals surface area contributed by atoms with Gasteiger partial charge in [0, 0.05) is 13.1 Å². The molecule has 4 nitrogen and oxygen atoms in total. The highest BCUT2D eigenvalue weighted by atomic mass is 32.2. The van der Waals surface area contributed by atoms with E-state index < -0.39 is 38.5 Å². The number of halogens is 3. The van der Waals surface area contributed by atoms with Crippen molar-refractivity contribution in [3.05, 3.63) is 29.6 Å². The van der Waals surface area contributed by atoms with Gasteiger partial charge in [0.15, 0.2) is 17.5 Å². The third-order valence-corrected chi connectivity index (χ3v) is 5.38. The van der Waals surface area contributed by atoms with Gasteiger partial charge in [-0.05, 0) is 24.5 Å². The van der Waals surface area contributed by atoms with E-state index in [2.05, 4.69) is 0 Å². The Morgan fingerprint density at radius 3 is 2.50 bits per heavy atom. The number of aliphatic hydroxyl groups excluding tert-OH is 1. The predicted molar refractivity (Wildman–Crippen MR) is 64.9 cm³/mol. The summed E-state index contributed by atoms with van der Waals surface area (Å²) in [5.74, 6) is -5.08. The summed E-state index contributed by atoms with van der Waals surface area (Å²) in [6.07, 6.45) is -0.460. The molecule has 0 spiro atoms. The van der Waals surface area contributed by atoms with E-state index in [0.717, 1.165) is 4.31 Å². The molecule has 1 heterocycles. The molecule has 1 aliphatic rings. The topological polar surface area (TPSA) is 57.6 Å². The van der Waals surface area contributed by atoms with Crippen molar-refractivity contribution >= 4 is 10.0 Å². The number of benzene rings is 1. The van der Waals surface area contributed by atoms with Crippen LogP contribution in [0, 0.1) is 23.4 Å². The molecule has 1 saturated heterocycles. The molecular weight excluding hydrogens is 295 g/mol. The van der Waals surface area contributed by atoms with Crippen LogP contribution in [-0.2, 0) is 10.0 Å². The van der Waals surface area contributed by atoms with Gasteiger partial charge in [-0.15, -0.1) is 0 Å². The van der Waals surface area contributed by atoms with Crippen molar-refractivity contribution in [3.8, 4) is 0 Å².